The lowest BCUT2D eigenvalue weighted by atomic mass is 10.2. The monoisotopic (exact) mass is 471 g/mol. The number of amides is 1. The number of hydrogen-bond donors (Lipinski definition) is 2. The van der Waals surface area contributed by atoms with Crippen molar-refractivity contribution < 1.29 is 9.53 Å². The molecular formula is C24H25N9O2. The highest BCUT2D eigenvalue weighted by atomic mass is 16.5. The zero-order valence-electron chi connectivity index (χ0n) is 19.9. The number of imidazole rings is 1. The quantitative estimate of drug-likeness (QED) is 0.398. The van der Waals surface area contributed by atoms with E-state index in [1.165, 1.54) is 12.4 Å². The van der Waals surface area contributed by atoms with Crippen LogP contribution < -0.4 is 15.4 Å². The van der Waals surface area contributed by atoms with Crippen LogP contribution >= 0.6 is 0 Å². The standard InChI is InChI=1S/C24H25N9O2/c1-15-9-17(11-25)27-13-19(15)35-21-10-18(22-23(31-21)33(4)14-29-22)30-20-6-5-16(12-28-20)24(34)26-7-8-32(2)3/h5-6,9-10,12-14H,7-8H2,1-4H3,(H,26,34)(H,28,30,31). The molecule has 0 fully saturated rings. The van der Waals surface area contributed by atoms with Gasteiger partial charge in [0.2, 0.25) is 5.88 Å². The summed E-state index contributed by atoms with van der Waals surface area (Å²) >= 11 is 0. The van der Waals surface area contributed by atoms with E-state index in [2.05, 4.69) is 30.6 Å². The molecule has 4 heterocycles. The van der Waals surface area contributed by atoms with E-state index in [0.717, 1.165) is 12.1 Å². The van der Waals surface area contributed by atoms with Crippen molar-refractivity contribution in [1.29, 1.82) is 5.26 Å². The molecule has 0 radical (unpaired) electrons. The molecule has 178 valence electrons. The minimum atomic E-state index is -0.177. The Morgan fingerprint density at radius 3 is 2.71 bits per heavy atom. The second-order valence-electron chi connectivity index (χ2n) is 8.20. The first-order valence-electron chi connectivity index (χ1n) is 10.9. The number of carbonyl (C=O) groups excluding carboxylic acids is 1. The predicted octanol–water partition coefficient (Wildman–Crippen LogP) is 2.77. The zero-order chi connectivity index (χ0) is 24.9. The molecule has 0 saturated carbocycles. The van der Waals surface area contributed by atoms with E-state index in [9.17, 15) is 4.79 Å². The number of likely N-dealkylation sites (N-methyl/N-ethyl adjacent to an activating group) is 1. The molecule has 2 N–H and O–H groups in total. The molecule has 1 amide bonds. The Kier molecular flexibility index (Phi) is 6.84. The van der Waals surface area contributed by atoms with Gasteiger partial charge in [-0.2, -0.15) is 10.2 Å². The van der Waals surface area contributed by atoms with Crippen LogP contribution in [-0.2, 0) is 7.05 Å². The van der Waals surface area contributed by atoms with Crippen molar-refractivity contribution in [3.63, 3.8) is 0 Å². The number of nitriles is 1. The number of rotatable bonds is 8. The lowest BCUT2D eigenvalue weighted by molar-refractivity contribution is 0.0950. The van der Waals surface area contributed by atoms with Crippen molar-refractivity contribution in [2.45, 2.75) is 6.92 Å². The molecule has 0 atom stereocenters. The Labute approximate surface area is 202 Å². The topological polar surface area (TPSA) is 134 Å². The summed E-state index contributed by atoms with van der Waals surface area (Å²) in [6.07, 6.45) is 4.68. The van der Waals surface area contributed by atoms with Crippen LogP contribution in [0.2, 0.25) is 0 Å². The highest BCUT2D eigenvalue weighted by Gasteiger charge is 2.14. The van der Waals surface area contributed by atoms with Gasteiger partial charge in [0.05, 0.1) is 23.8 Å². The third kappa shape index (κ3) is 5.51. The second kappa shape index (κ2) is 10.1. The first kappa shape index (κ1) is 23.6. The smallest absolute Gasteiger partial charge is 0.252 e. The average molecular weight is 472 g/mol. The van der Waals surface area contributed by atoms with Crippen molar-refractivity contribution in [3.05, 3.63) is 59.8 Å². The summed E-state index contributed by atoms with van der Waals surface area (Å²) in [5.74, 6) is 1.18. The minimum Gasteiger partial charge on any atom is -0.437 e. The van der Waals surface area contributed by atoms with Crippen LogP contribution in [0.3, 0.4) is 0 Å². The fraction of sp³-hybridized carbons (Fsp3) is 0.250. The fourth-order valence-electron chi connectivity index (χ4n) is 3.28. The summed E-state index contributed by atoms with van der Waals surface area (Å²) in [5.41, 5.74) is 3.44. The third-order valence-corrected chi connectivity index (χ3v) is 5.17. The van der Waals surface area contributed by atoms with Crippen LogP contribution in [0.1, 0.15) is 21.6 Å². The average Bonchev–Trinajstić information content (AvgIpc) is 3.21. The molecule has 0 spiro atoms. The molecule has 0 aliphatic heterocycles. The molecule has 11 heteroatoms. The highest BCUT2D eigenvalue weighted by molar-refractivity contribution is 5.94. The van der Waals surface area contributed by atoms with Crippen LogP contribution in [-0.4, -0.2) is 62.5 Å². The molecule has 0 saturated heterocycles. The van der Waals surface area contributed by atoms with Crippen LogP contribution in [0.25, 0.3) is 11.2 Å². The number of carbonyl (C=O) groups is 1. The van der Waals surface area contributed by atoms with E-state index in [0.29, 0.717) is 52.1 Å². The summed E-state index contributed by atoms with van der Waals surface area (Å²) in [7, 11) is 5.74. The molecule has 0 aliphatic carbocycles. The van der Waals surface area contributed by atoms with Crippen LogP contribution in [0.4, 0.5) is 11.5 Å². The number of aromatic nitrogens is 5. The number of anilines is 2. The van der Waals surface area contributed by atoms with Gasteiger partial charge in [-0.05, 0) is 44.8 Å². The van der Waals surface area contributed by atoms with E-state index in [1.54, 1.807) is 35.2 Å². The second-order valence-corrected chi connectivity index (χ2v) is 8.20. The molecule has 0 aliphatic rings. The molecule has 4 aromatic rings. The summed E-state index contributed by atoms with van der Waals surface area (Å²) in [4.78, 5) is 31.8. The van der Waals surface area contributed by atoms with Gasteiger partial charge in [0.15, 0.2) is 11.4 Å². The first-order chi connectivity index (χ1) is 16.8. The summed E-state index contributed by atoms with van der Waals surface area (Å²) < 4.78 is 7.77. The van der Waals surface area contributed by atoms with Crippen molar-refractivity contribution in [1.82, 2.24) is 34.7 Å². The van der Waals surface area contributed by atoms with Gasteiger partial charge in [-0.1, -0.05) is 0 Å². The molecule has 0 unspecified atom stereocenters. The maximum Gasteiger partial charge on any atom is 0.252 e. The van der Waals surface area contributed by atoms with Gasteiger partial charge in [-0.15, -0.1) is 0 Å². The van der Waals surface area contributed by atoms with Crippen molar-refractivity contribution in [2.75, 3.05) is 32.5 Å². The van der Waals surface area contributed by atoms with Gasteiger partial charge in [0.25, 0.3) is 5.91 Å². The summed E-state index contributed by atoms with van der Waals surface area (Å²) in [6, 6.07) is 8.82. The molecule has 4 aromatic heterocycles. The van der Waals surface area contributed by atoms with Gasteiger partial charge in [-0.25, -0.2) is 15.0 Å². The number of nitrogens with zero attached hydrogens (tertiary/aromatic N) is 7. The SMILES string of the molecule is Cc1cc(C#N)ncc1Oc1cc(Nc2ccc(C(=O)NCCN(C)C)cn2)c2ncn(C)c2n1. The van der Waals surface area contributed by atoms with Crippen molar-refractivity contribution in [3.8, 4) is 17.7 Å². The Bertz CT molecular complexity index is 1410. The number of aryl methyl sites for hydroxylation is 2. The van der Waals surface area contributed by atoms with Crippen LogP contribution in [0.5, 0.6) is 11.6 Å². The molecule has 0 bridgehead atoms. The van der Waals surface area contributed by atoms with E-state index in [-0.39, 0.29) is 5.91 Å². The maximum absolute atomic E-state index is 12.3. The number of ether oxygens (including phenoxy) is 1. The van der Waals surface area contributed by atoms with Gasteiger partial charge < -0.3 is 24.8 Å². The Hall–Kier alpha value is -4.56. The van der Waals surface area contributed by atoms with E-state index < -0.39 is 0 Å². The fourth-order valence-corrected chi connectivity index (χ4v) is 3.28. The largest absolute Gasteiger partial charge is 0.437 e. The van der Waals surface area contributed by atoms with Gasteiger partial charge in [0, 0.05) is 32.4 Å². The van der Waals surface area contributed by atoms with Crippen molar-refractivity contribution >= 4 is 28.6 Å². The molecular weight excluding hydrogens is 446 g/mol. The van der Waals surface area contributed by atoms with Gasteiger partial charge in [0.1, 0.15) is 23.1 Å². The van der Waals surface area contributed by atoms with E-state index >= 15 is 0 Å². The van der Waals surface area contributed by atoms with Crippen molar-refractivity contribution in [2.24, 2.45) is 7.05 Å². The lowest BCUT2D eigenvalue weighted by Crippen LogP contribution is -2.31. The number of pyridine rings is 3. The Morgan fingerprint density at radius 2 is 2.03 bits per heavy atom. The molecule has 0 aromatic carbocycles. The van der Waals surface area contributed by atoms with Crippen LogP contribution in [0.15, 0.2) is 43.0 Å². The van der Waals surface area contributed by atoms with E-state index in [4.69, 9.17) is 10.00 Å². The van der Waals surface area contributed by atoms with Gasteiger partial charge in [-0.3, -0.25) is 4.79 Å². The van der Waals surface area contributed by atoms with Gasteiger partial charge >= 0.3 is 0 Å². The number of nitrogens with one attached hydrogen (secondary N) is 2. The maximum atomic E-state index is 12.3. The molecule has 35 heavy (non-hydrogen) atoms. The highest BCUT2D eigenvalue weighted by Crippen LogP contribution is 2.31. The van der Waals surface area contributed by atoms with Crippen LogP contribution in [0, 0.1) is 18.3 Å². The Balaban J connectivity index is 1.56. The normalized spacial score (nSPS) is 10.9. The number of hydrogen-bond acceptors (Lipinski definition) is 9. The summed E-state index contributed by atoms with van der Waals surface area (Å²) in [5, 5.41) is 15.1. The molecule has 11 nitrogen and oxygen atoms in total. The minimum absolute atomic E-state index is 0.177. The molecule has 4 rings (SSSR count). The Morgan fingerprint density at radius 1 is 1.20 bits per heavy atom. The lowest BCUT2D eigenvalue weighted by Gasteiger charge is -2.12. The summed E-state index contributed by atoms with van der Waals surface area (Å²) in [6.45, 7) is 3.14. The predicted molar refractivity (Wildman–Crippen MR) is 131 cm³/mol. The first-order valence-corrected chi connectivity index (χ1v) is 10.9. The number of fused-ring (bicyclic) bond motifs is 1. The van der Waals surface area contributed by atoms with E-state index in [1.807, 2.05) is 39.0 Å². The zero-order valence-corrected chi connectivity index (χ0v) is 19.9. The third-order valence-electron chi connectivity index (χ3n) is 5.17.